The number of rotatable bonds is 5. The maximum Gasteiger partial charge on any atom is 0.231 e. The monoisotopic (exact) mass is 456 g/mol. The molecule has 0 radical (unpaired) electrons. The van der Waals surface area contributed by atoms with Crippen molar-refractivity contribution in [2.24, 2.45) is 7.05 Å². The number of fused-ring (bicyclic) bond motifs is 1. The largest absolute Gasteiger partial charge is 0.326 e. The topological polar surface area (TPSA) is 77.1 Å². The molecule has 0 aliphatic rings. The number of halogens is 1. The Morgan fingerprint density at radius 3 is 2.42 bits per heavy atom. The highest BCUT2D eigenvalue weighted by Gasteiger charge is 2.16. The Labute approximate surface area is 195 Å². The van der Waals surface area contributed by atoms with Crippen molar-refractivity contribution < 1.29 is 4.79 Å². The van der Waals surface area contributed by atoms with Gasteiger partial charge in [0, 0.05) is 46.8 Å². The van der Waals surface area contributed by atoms with Crippen LogP contribution in [0.15, 0.2) is 79.5 Å². The fourth-order valence-corrected chi connectivity index (χ4v) is 3.87. The number of nitrogens with zero attached hydrogens (tertiary/aromatic N) is 5. The molecule has 1 N–H and O–H groups in total. The van der Waals surface area contributed by atoms with E-state index >= 15 is 0 Å². The molecule has 164 valence electrons. The minimum Gasteiger partial charge on any atom is -0.326 e. The quantitative estimate of drug-likeness (QED) is 0.394. The van der Waals surface area contributed by atoms with Crippen LogP contribution in [-0.4, -0.2) is 30.3 Å². The number of anilines is 1. The molecule has 0 saturated carbocycles. The van der Waals surface area contributed by atoms with Gasteiger partial charge in [-0.15, -0.1) is 0 Å². The third kappa shape index (κ3) is 4.23. The summed E-state index contributed by atoms with van der Waals surface area (Å²) in [5.74, 6) is -0.378. The number of aryl methyl sites for hydroxylation is 1. The van der Waals surface area contributed by atoms with Gasteiger partial charge in [-0.1, -0.05) is 35.9 Å². The molecule has 0 spiro atoms. The van der Waals surface area contributed by atoms with Crippen molar-refractivity contribution in [1.82, 2.24) is 24.4 Å². The van der Waals surface area contributed by atoms with Gasteiger partial charge in [-0.25, -0.2) is 9.50 Å². The van der Waals surface area contributed by atoms with Crippen LogP contribution in [0.2, 0.25) is 5.02 Å². The molecule has 0 aliphatic carbocycles. The van der Waals surface area contributed by atoms with Crippen molar-refractivity contribution in [3.8, 4) is 22.4 Å². The lowest BCUT2D eigenvalue weighted by Gasteiger charge is -2.13. The van der Waals surface area contributed by atoms with E-state index in [0.717, 1.165) is 39.2 Å². The van der Waals surface area contributed by atoms with Crippen LogP contribution in [0.4, 0.5) is 5.69 Å². The van der Waals surface area contributed by atoms with Gasteiger partial charge in [0.05, 0.1) is 23.3 Å². The Morgan fingerprint density at radius 1 is 0.970 bits per heavy atom. The van der Waals surface area contributed by atoms with Crippen molar-refractivity contribution in [3.63, 3.8) is 0 Å². The highest BCUT2D eigenvalue weighted by Crippen LogP contribution is 2.28. The van der Waals surface area contributed by atoms with Gasteiger partial charge in [0.1, 0.15) is 6.33 Å². The number of hydrogen-bond acceptors (Lipinski definition) is 4. The molecule has 5 aromatic rings. The van der Waals surface area contributed by atoms with Crippen LogP contribution in [0, 0.1) is 0 Å². The number of carbonyl (C=O) groups is 1. The summed E-state index contributed by atoms with van der Waals surface area (Å²) in [5, 5.41) is 12.2. The third-order valence-electron chi connectivity index (χ3n) is 5.63. The first-order chi connectivity index (χ1) is 16.0. The highest BCUT2D eigenvalue weighted by atomic mass is 35.5. The predicted octanol–water partition coefficient (Wildman–Crippen LogP) is 5.19. The van der Waals surface area contributed by atoms with Crippen molar-refractivity contribution in [2.45, 2.75) is 12.8 Å². The molecular formula is C25H21ClN6O. The van der Waals surface area contributed by atoms with Crippen molar-refractivity contribution in [1.29, 1.82) is 0 Å². The molecule has 2 aromatic carbocycles. The van der Waals surface area contributed by atoms with Gasteiger partial charge in [0.15, 0.2) is 0 Å². The van der Waals surface area contributed by atoms with Crippen LogP contribution >= 0.6 is 11.6 Å². The van der Waals surface area contributed by atoms with E-state index in [1.54, 1.807) is 23.1 Å². The first-order valence-corrected chi connectivity index (χ1v) is 10.8. The van der Waals surface area contributed by atoms with E-state index in [0.29, 0.717) is 5.02 Å². The Morgan fingerprint density at radius 2 is 1.73 bits per heavy atom. The van der Waals surface area contributed by atoms with Crippen LogP contribution in [0.3, 0.4) is 0 Å². The van der Waals surface area contributed by atoms with Gasteiger partial charge >= 0.3 is 0 Å². The normalized spacial score (nSPS) is 12.1. The van der Waals surface area contributed by atoms with Crippen LogP contribution in [0.5, 0.6) is 0 Å². The van der Waals surface area contributed by atoms with Crippen LogP contribution in [0.1, 0.15) is 18.4 Å². The summed E-state index contributed by atoms with van der Waals surface area (Å²) in [7, 11) is 1.89. The number of benzene rings is 2. The molecule has 0 aliphatic heterocycles. The van der Waals surface area contributed by atoms with Crippen molar-refractivity contribution >= 4 is 28.7 Å². The third-order valence-corrected chi connectivity index (χ3v) is 5.89. The summed E-state index contributed by atoms with van der Waals surface area (Å²) in [4.78, 5) is 17.2. The molecule has 0 unspecified atom stereocenters. The summed E-state index contributed by atoms with van der Waals surface area (Å²) >= 11 is 5.95. The average Bonchev–Trinajstić information content (AvgIpc) is 3.45. The maximum atomic E-state index is 12.7. The van der Waals surface area contributed by atoms with Crippen LogP contribution < -0.4 is 5.32 Å². The zero-order chi connectivity index (χ0) is 22.9. The summed E-state index contributed by atoms with van der Waals surface area (Å²) in [6, 6.07) is 17.0. The van der Waals surface area contributed by atoms with E-state index in [2.05, 4.69) is 26.6 Å². The molecule has 7 nitrogen and oxygen atoms in total. The molecule has 33 heavy (non-hydrogen) atoms. The molecule has 0 fully saturated rings. The number of hydrogen-bond donors (Lipinski definition) is 1. The van der Waals surface area contributed by atoms with Gasteiger partial charge in [0.2, 0.25) is 5.91 Å². The van der Waals surface area contributed by atoms with E-state index < -0.39 is 0 Å². The second-order valence-corrected chi connectivity index (χ2v) is 8.35. The number of carbonyl (C=O) groups excluding carboxylic acids is 1. The van der Waals surface area contributed by atoms with Crippen LogP contribution in [-0.2, 0) is 11.8 Å². The lowest BCUT2D eigenvalue weighted by Crippen LogP contribution is -2.18. The molecular weight excluding hydrogens is 436 g/mol. The zero-order valence-electron chi connectivity index (χ0n) is 18.1. The van der Waals surface area contributed by atoms with Gasteiger partial charge in [-0.3, -0.25) is 9.48 Å². The molecule has 8 heteroatoms. The lowest BCUT2D eigenvalue weighted by atomic mass is 10.0. The molecule has 1 atom stereocenters. The molecule has 0 saturated heterocycles. The molecule has 1 amide bonds. The second-order valence-electron chi connectivity index (χ2n) is 7.91. The first-order valence-electron chi connectivity index (χ1n) is 10.5. The Bertz CT molecular complexity index is 1440. The zero-order valence-corrected chi connectivity index (χ0v) is 18.9. The molecule has 3 aromatic heterocycles. The van der Waals surface area contributed by atoms with Crippen LogP contribution in [0.25, 0.3) is 27.9 Å². The minimum absolute atomic E-state index is 0.0813. The molecule has 0 bridgehead atoms. The van der Waals surface area contributed by atoms with Gasteiger partial charge in [-0.2, -0.15) is 10.2 Å². The van der Waals surface area contributed by atoms with E-state index in [1.165, 1.54) is 0 Å². The van der Waals surface area contributed by atoms with Gasteiger partial charge in [0.25, 0.3) is 0 Å². The van der Waals surface area contributed by atoms with Crippen molar-refractivity contribution in [3.05, 3.63) is 90.1 Å². The minimum atomic E-state index is -0.296. The van der Waals surface area contributed by atoms with E-state index in [4.69, 9.17) is 11.6 Å². The molecule has 5 rings (SSSR count). The first kappa shape index (κ1) is 20.9. The number of aromatic nitrogens is 5. The standard InChI is InChI=1S/C25H21ClN6O/c1-16(17-3-7-21(26)8-4-17)25(33)30-22-9-5-18(6-10-22)24-23-11-19(14-32(23)29-15-27-24)20-12-28-31(2)13-20/h3-16H,1-2H3,(H,30,33)/t16-/m0/s1. The predicted molar refractivity (Wildman–Crippen MR) is 129 cm³/mol. The van der Waals surface area contributed by atoms with Gasteiger partial charge in [-0.05, 0) is 42.8 Å². The molecule has 3 heterocycles. The summed E-state index contributed by atoms with van der Waals surface area (Å²) < 4.78 is 3.58. The highest BCUT2D eigenvalue weighted by molar-refractivity contribution is 6.30. The number of amides is 1. The SMILES string of the molecule is C[C@H](C(=O)Nc1ccc(-c2ncnn3cc(-c4cnn(C)c4)cc23)cc1)c1ccc(Cl)cc1. The van der Waals surface area contributed by atoms with E-state index in [1.807, 2.05) is 73.5 Å². The average molecular weight is 457 g/mol. The Kier molecular flexibility index (Phi) is 5.40. The van der Waals surface area contributed by atoms with E-state index in [-0.39, 0.29) is 11.8 Å². The fourth-order valence-electron chi connectivity index (χ4n) is 3.75. The van der Waals surface area contributed by atoms with E-state index in [9.17, 15) is 4.79 Å². The Hall–Kier alpha value is -3.97. The Balaban J connectivity index is 1.37. The summed E-state index contributed by atoms with van der Waals surface area (Å²) in [6.45, 7) is 1.87. The number of nitrogens with one attached hydrogen (secondary N) is 1. The summed E-state index contributed by atoms with van der Waals surface area (Å²) in [6.07, 6.45) is 7.29. The summed E-state index contributed by atoms with van der Waals surface area (Å²) in [5.41, 5.74) is 6.31. The lowest BCUT2D eigenvalue weighted by molar-refractivity contribution is -0.117. The maximum absolute atomic E-state index is 12.7. The second kappa shape index (κ2) is 8.52. The fraction of sp³-hybridized carbons (Fsp3) is 0.120. The van der Waals surface area contributed by atoms with Crippen molar-refractivity contribution in [2.75, 3.05) is 5.32 Å². The van der Waals surface area contributed by atoms with Gasteiger partial charge < -0.3 is 5.32 Å². The smallest absolute Gasteiger partial charge is 0.231 e.